The van der Waals surface area contributed by atoms with Crippen molar-refractivity contribution in [2.24, 2.45) is 18.7 Å². The molecule has 106 valence electrons. The molecule has 1 aliphatic carbocycles. The van der Waals surface area contributed by atoms with Crippen molar-refractivity contribution in [2.45, 2.75) is 36.1 Å². The van der Waals surface area contributed by atoms with E-state index in [9.17, 15) is 4.79 Å². The average Bonchev–Trinajstić information content (AvgIpc) is 2.96. The number of nitrogens with zero attached hydrogens (tertiary/aromatic N) is 2. The van der Waals surface area contributed by atoms with E-state index in [2.05, 4.69) is 10.4 Å². The van der Waals surface area contributed by atoms with Crippen molar-refractivity contribution in [1.82, 2.24) is 15.1 Å². The van der Waals surface area contributed by atoms with Gasteiger partial charge in [-0.2, -0.15) is 5.10 Å². The molecular weight excluding hydrogens is 260 g/mol. The van der Waals surface area contributed by atoms with Gasteiger partial charge in [-0.15, -0.1) is 11.8 Å². The molecule has 0 aliphatic heterocycles. The number of nitrogens with two attached hydrogens (primary N) is 1. The summed E-state index contributed by atoms with van der Waals surface area (Å²) in [4.78, 5) is 12.9. The minimum absolute atomic E-state index is 0.205. The molecule has 2 rings (SSSR count). The quantitative estimate of drug-likeness (QED) is 0.768. The second-order valence-electron chi connectivity index (χ2n) is 5.16. The van der Waals surface area contributed by atoms with E-state index in [0.717, 1.165) is 31.4 Å². The minimum atomic E-state index is -0.491. The molecular formula is C13H22N4OS. The summed E-state index contributed by atoms with van der Waals surface area (Å²) in [6, 6.07) is 0. The average molecular weight is 282 g/mol. The van der Waals surface area contributed by atoms with Gasteiger partial charge in [0, 0.05) is 18.1 Å². The van der Waals surface area contributed by atoms with E-state index < -0.39 is 5.54 Å². The van der Waals surface area contributed by atoms with Crippen LogP contribution in [0.2, 0.25) is 0 Å². The molecule has 1 fully saturated rings. The van der Waals surface area contributed by atoms with Gasteiger partial charge in [-0.25, -0.2) is 0 Å². The number of carbonyl (C=O) groups excluding carboxylic acids is 1. The van der Waals surface area contributed by atoms with Gasteiger partial charge in [0.2, 0.25) is 5.91 Å². The lowest BCUT2D eigenvalue weighted by Gasteiger charge is -2.32. The number of amides is 1. The van der Waals surface area contributed by atoms with E-state index >= 15 is 0 Å². The lowest BCUT2D eigenvalue weighted by molar-refractivity contribution is -0.125. The maximum atomic E-state index is 11.7. The molecule has 0 bridgehead atoms. The van der Waals surface area contributed by atoms with E-state index in [0.29, 0.717) is 5.92 Å². The zero-order chi connectivity index (χ0) is 13.9. The van der Waals surface area contributed by atoms with Gasteiger partial charge in [0.25, 0.3) is 0 Å². The smallest absolute Gasteiger partial charge is 0.238 e. The Balaban J connectivity index is 1.89. The highest BCUT2D eigenvalue weighted by Crippen LogP contribution is 2.38. The van der Waals surface area contributed by atoms with Crippen molar-refractivity contribution < 1.29 is 4.79 Å². The third-order valence-corrected chi connectivity index (χ3v) is 5.11. The van der Waals surface area contributed by atoms with Crippen LogP contribution in [0.5, 0.6) is 0 Å². The summed E-state index contributed by atoms with van der Waals surface area (Å²) in [6.07, 6.45) is 7.91. The second-order valence-corrected chi connectivity index (χ2v) is 6.33. The highest BCUT2D eigenvalue weighted by Gasteiger charge is 2.45. The molecule has 1 aliphatic rings. The lowest BCUT2D eigenvalue weighted by Crippen LogP contribution is -2.56. The van der Waals surface area contributed by atoms with Crippen molar-refractivity contribution in [3.63, 3.8) is 0 Å². The minimum Gasteiger partial charge on any atom is -0.368 e. The molecule has 1 heterocycles. The van der Waals surface area contributed by atoms with E-state index in [-0.39, 0.29) is 5.91 Å². The molecule has 19 heavy (non-hydrogen) atoms. The number of carbonyl (C=O) groups is 1. The first kappa shape index (κ1) is 14.4. The topological polar surface area (TPSA) is 72.9 Å². The van der Waals surface area contributed by atoms with Crippen molar-refractivity contribution in [3.8, 4) is 0 Å². The lowest BCUT2D eigenvalue weighted by atomic mass is 9.84. The van der Waals surface area contributed by atoms with E-state index in [4.69, 9.17) is 5.73 Å². The Morgan fingerprint density at radius 1 is 1.74 bits per heavy atom. The predicted octanol–water partition coefficient (Wildman–Crippen LogP) is 1.15. The number of thioether (sulfide) groups is 1. The molecule has 1 aromatic rings. The highest BCUT2D eigenvalue weighted by atomic mass is 32.2. The van der Waals surface area contributed by atoms with Gasteiger partial charge in [0.15, 0.2) is 0 Å². The molecule has 0 saturated heterocycles. The summed E-state index contributed by atoms with van der Waals surface area (Å²) in [5.41, 5.74) is 5.11. The Kier molecular flexibility index (Phi) is 4.52. The maximum Gasteiger partial charge on any atom is 0.238 e. The molecule has 2 unspecified atom stereocenters. The normalized spacial score (nSPS) is 26.7. The van der Waals surface area contributed by atoms with Crippen LogP contribution in [0.1, 0.15) is 25.7 Å². The third kappa shape index (κ3) is 2.95. The largest absolute Gasteiger partial charge is 0.368 e. The van der Waals surface area contributed by atoms with E-state index in [1.54, 1.807) is 16.4 Å². The fourth-order valence-electron chi connectivity index (χ4n) is 3.04. The molecule has 0 aromatic carbocycles. The van der Waals surface area contributed by atoms with Crippen LogP contribution in [0.15, 0.2) is 17.3 Å². The van der Waals surface area contributed by atoms with Gasteiger partial charge in [-0.1, -0.05) is 6.42 Å². The van der Waals surface area contributed by atoms with Crippen molar-refractivity contribution in [1.29, 1.82) is 0 Å². The molecule has 3 N–H and O–H groups in total. The van der Waals surface area contributed by atoms with Gasteiger partial charge in [-0.05, 0) is 38.0 Å². The Morgan fingerprint density at radius 3 is 3.11 bits per heavy atom. The molecule has 1 saturated carbocycles. The number of aromatic nitrogens is 2. The van der Waals surface area contributed by atoms with Crippen LogP contribution >= 0.6 is 11.8 Å². The number of likely N-dealkylation sites (N-methyl/N-ethyl adjacent to an activating group) is 1. The summed E-state index contributed by atoms with van der Waals surface area (Å²) in [5.74, 6) is 1.13. The number of hydrogen-bond acceptors (Lipinski definition) is 4. The standard InChI is InChI=1S/C13H22N4OS/c1-15-13(12(14)18)6-3-4-10(13)5-7-19-11-8-16-17(2)9-11/h8-10,15H,3-7H2,1-2H3,(H2,14,18). The SMILES string of the molecule is CNC1(C(N)=O)CCCC1CCSc1cnn(C)c1. The molecule has 5 nitrogen and oxygen atoms in total. The summed E-state index contributed by atoms with van der Waals surface area (Å²) in [6.45, 7) is 0. The van der Waals surface area contributed by atoms with Crippen LogP contribution in [0, 0.1) is 5.92 Å². The van der Waals surface area contributed by atoms with Gasteiger partial charge in [-0.3, -0.25) is 9.48 Å². The summed E-state index contributed by atoms with van der Waals surface area (Å²) in [7, 11) is 3.76. The van der Waals surface area contributed by atoms with Crippen LogP contribution in [0.25, 0.3) is 0 Å². The van der Waals surface area contributed by atoms with Crippen LogP contribution < -0.4 is 11.1 Å². The Hall–Kier alpha value is -1.01. The van der Waals surface area contributed by atoms with Crippen molar-refractivity contribution >= 4 is 17.7 Å². The van der Waals surface area contributed by atoms with Crippen LogP contribution in [0.4, 0.5) is 0 Å². The molecule has 0 spiro atoms. The fraction of sp³-hybridized carbons (Fsp3) is 0.692. The molecule has 1 amide bonds. The Labute approximate surface area is 118 Å². The summed E-state index contributed by atoms with van der Waals surface area (Å²) in [5, 5.41) is 7.33. The number of aryl methyl sites for hydroxylation is 1. The zero-order valence-electron chi connectivity index (χ0n) is 11.6. The fourth-order valence-corrected chi connectivity index (χ4v) is 4.02. The molecule has 6 heteroatoms. The van der Waals surface area contributed by atoms with Gasteiger partial charge < -0.3 is 11.1 Å². The van der Waals surface area contributed by atoms with Gasteiger partial charge in [0.05, 0.1) is 6.20 Å². The van der Waals surface area contributed by atoms with Crippen molar-refractivity contribution in [3.05, 3.63) is 12.4 Å². The molecule has 0 radical (unpaired) electrons. The summed E-state index contributed by atoms with van der Waals surface area (Å²) < 4.78 is 1.80. The third-order valence-electron chi connectivity index (χ3n) is 4.12. The number of primary amides is 1. The Morgan fingerprint density at radius 2 is 2.53 bits per heavy atom. The molecule has 2 atom stereocenters. The van der Waals surface area contributed by atoms with Crippen LogP contribution in [0.3, 0.4) is 0 Å². The molecule has 1 aromatic heterocycles. The van der Waals surface area contributed by atoms with Crippen LogP contribution in [-0.4, -0.2) is 34.0 Å². The first-order chi connectivity index (χ1) is 9.08. The monoisotopic (exact) mass is 282 g/mol. The van der Waals surface area contributed by atoms with Gasteiger partial charge in [0.1, 0.15) is 5.54 Å². The van der Waals surface area contributed by atoms with Crippen molar-refractivity contribution in [2.75, 3.05) is 12.8 Å². The van der Waals surface area contributed by atoms with E-state index in [1.165, 1.54) is 4.90 Å². The summed E-state index contributed by atoms with van der Waals surface area (Å²) >= 11 is 1.79. The first-order valence-electron chi connectivity index (χ1n) is 6.69. The first-order valence-corrected chi connectivity index (χ1v) is 7.67. The second kappa shape index (κ2) is 5.96. The van der Waals surface area contributed by atoms with Crippen LogP contribution in [-0.2, 0) is 11.8 Å². The zero-order valence-corrected chi connectivity index (χ0v) is 12.4. The van der Waals surface area contributed by atoms with E-state index in [1.807, 2.05) is 26.5 Å². The Bertz CT molecular complexity index is 448. The highest BCUT2D eigenvalue weighted by molar-refractivity contribution is 7.99. The number of rotatable bonds is 6. The maximum absolute atomic E-state index is 11.7. The van der Waals surface area contributed by atoms with Gasteiger partial charge >= 0.3 is 0 Å². The predicted molar refractivity (Wildman–Crippen MR) is 76.9 cm³/mol. The number of nitrogens with one attached hydrogen (secondary N) is 1. The number of hydrogen-bond donors (Lipinski definition) is 2.